The minimum atomic E-state index is -0.0159. The van der Waals surface area contributed by atoms with Gasteiger partial charge in [0.15, 0.2) is 6.61 Å². The lowest BCUT2D eigenvalue weighted by molar-refractivity contribution is -0.124. The molecule has 0 aromatic heterocycles. The van der Waals surface area contributed by atoms with Crippen molar-refractivity contribution in [1.29, 1.82) is 0 Å². The molecule has 2 bridgehead atoms. The Morgan fingerprint density at radius 1 is 1.33 bits per heavy atom. The average Bonchev–Trinajstić information content (AvgIpc) is 2.76. The maximum absolute atomic E-state index is 11.9. The second-order valence-electron chi connectivity index (χ2n) is 5.98. The Bertz CT molecular complexity index is 483. The highest BCUT2D eigenvalue weighted by Gasteiger charge is 2.33. The summed E-state index contributed by atoms with van der Waals surface area (Å²) in [5.74, 6) is 0.739. The van der Waals surface area contributed by atoms with Crippen molar-refractivity contribution < 1.29 is 9.53 Å². The summed E-state index contributed by atoms with van der Waals surface area (Å²) in [6, 6.07) is 9.27. The van der Waals surface area contributed by atoms with Crippen molar-refractivity contribution in [2.24, 2.45) is 0 Å². The van der Waals surface area contributed by atoms with E-state index in [0.717, 1.165) is 24.2 Å². The van der Waals surface area contributed by atoms with Gasteiger partial charge in [-0.1, -0.05) is 12.1 Å². The fourth-order valence-corrected chi connectivity index (χ4v) is 3.30. The van der Waals surface area contributed by atoms with Crippen LogP contribution in [0.4, 0.5) is 0 Å². The Kier molecular flexibility index (Phi) is 5.48. The molecule has 2 atom stereocenters. The predicted octanol–water partition coefficient (Wildman–Crippen LogP) is 2.19. The number of hydrogen-bond acceptors (Lipinski definition) is 3. The van der Waals surface area contributed by atoms with E-state index < -0.39 is 0 Å². The van der Waals surface area contributed by atoms with Crippen LogP contribution in [0.3, 0.4) is 0 Å². The van der Waals surface area contributed by atoms with E-state index in [1.54, 1.807) is 0 Å². The van der Waals surface area contributed by atoms with Crippen LogP contribution >= 0.6 is 12.4 Å². The number of aryl methyl sites for hydroxylation is 1. The van der Waals surface area contributed by atoms with Crippen molar-refractivity contribution >= 4 is 18.3 Å². The lowest BCUT2D eigenvalue weighted by Crippen LogP contribution is -2.48. The van der Waals surface area contributed by atoms with E-state index in [4.69, 9.17) is 4.74 Å². The molecule has 5 heteroatoms. The molecule has 2 aliphatic rings. The lowest BCUT2D eigenvalue weighted by atomic mass is 10.00. The summed E-state index contributed by atoms with van der Waals surface area (Å²) in [5, 5.41) is 6.68. The summed E-state index contributed by atoms with van der Waals surface area (Å²) in [4.78, 5) is 11.9. The largest absolute Gasteiger partial charge is 0.484 e. The molecule has 1 amide bonds. The molecule has 4 nitrogen and oxygen atoms in total. The SMILES string of the molecule is Cc1cccc(OCC(=O)NC2CC3CCC(C2)N3)c1.Cl. The summed E-state index contributed by atoms with van der Waals surface area (Å²) in [6.07, 6.45) is 4.59. The van der Waals surface area contributed by atoms with Crippen LogP contribution in [0.15, 0.2) is 24.3 Å². The normalized spacial score (nSPS) is 26.8. The quantitative estimate of drug-likeness (QED) is 0.896. The van der Waals surface area contributed by atoms with Crippen molar-refractivity contribution in [2.45, 2.75) is 50.7 Å². The number of hydrogen-bond donors (Lipinski definition) is 2. The van der Waals surface area contributed by atoms with Gasteiger partial charge in [0, 0.05) is 18.1 Å². The first kappa shape index (κ1) is 16.1. The third-order valence-electron chi connectivity index (χ3n) is 4.20. The lowest BCUT2D eigenvalue weighted by Gasteiger charge is -2.29. The van der Waals surface area contributed by atoms with E-state index in [1.807, 2.05) is 31.2 Å². The average molecular weight is 311 g/mol. The first-order chi connectivity index (χ1) is 9.69. The van der Waals surface area contributed by atoms with Crippen LogP contribution in [0.1, 0.15) is 31.2 Å². The van der Waals surface area contributed by atoms with Gasteiger partial charge in [0.25, 0.3) is 5.91 Å². The van der Waals surface area contributed by atoms with Gasteiger partial charge in [-0.2, -0.15) is 0 Å². The number of piperidine rings is 1. The number of amides is 1. The molecule has 2 saturated heterocycles. The Morgan fingerprint density at radius 2 is 2.05 bits per heavy atom. The third-order valence-corrected chi connectivity index (χ3v) is 4.20. The molecule has 2 heterocycles. The highest BCUT2D eigenvalue weighted by molar-refractivity contribution is 5.85. The molecular weight excluding hydrogens is 288 g/mol. The highest BCUT2D eigenvalue weighted by Crippen LogP contribution is 2.26. The van der Waals surface area contributed by atoms with Crippen LogP contribution in [0, 0.1) is 6.92 Å². The predicted molar refractivity (Wildman–Crippen MR) is 85.0 cm³/mol. The standard InChI is InChI=1S/C16H22N2O2.ClH/c1-11-3-2-4-15(7-11)20-10-16(19)18-14-8-12-5-6-13(9-14)17-12;/h2-4,7,12-14,17H,5-6,8-10H2,1H3,(H,18,19);1H. The minimum Gasteiger partial charge on any atom is -0.484 e. The molecular formula is C16H23ClN2O2. The van der Waals surface area contributed by atoms with Gasteiger partial charge in [-0.05, 0) is 50.3 Å². The van der Waals surface area contributed by atoms with Gasteiger partial charge >= 0.3 is 0 Å². The number of halogens is 1. The molecule has 21 heavy (non-hydrogen) atoms. The number of carbonyl (C=O) groups excluding carboxylic acids is 1. The van der Waals surface area contributed by atoms with Crippen molar-refractivity contribution in [3.8, 4) is 5.75 Å². The molecule has 0 spiro atoms. The van der Waals surface area contributed by atoms with Gasteiger partial charge in [-0.15, -0.1) is 12.4 Å². The summed E-state index contributed by atoms with van der Waals surface area (Å²) in [5.41, 5.74) is 1.14. The molecule has 2 N–H and O–H groups in total. The molecule has 1 aromatic rings. The Labute approximate surface area is 132 Å². The smallest absolute Gasteiger partial charge is 0.258 e. The molecule has 0 radical (unpaired) electrons. The van der Waals surface area contributed by atoms with E-state index in [-0.39, 0.29) is 24.9 Å². The van der Waals surface area contributed by atoms with Crippen LogP contribution in [-0.2, 0) is 4.79 Å². The highest BCUT2D eigenvalue weighted by atomic mass is 35.5. The van der Waals surface area contributed by atoms with Gasteiger partial charge in [0.2, 0.25) is 0 Å². The van der Waals surface area contributed by atoms with E-state index in [1.165, 1.54) is 12.8 Å². The van der Waals surface area contributed by atoms with E-state index in [2.05, 4.69) is 10.6 Å². The van der Waals surface area contributed by atoms with Crippen molar-refractivity contribution in [1.82, 2.24) is 10.6 Å². The van der Waals surface area contributed by atoms with Gasteiger partial charge in [0.05, 0.1) is 0 Å². The molecule has 116 valence electrons. The zero-order chi connectivity index (χ0) is 13.9. The van der Waals surface area contributed by atoms with Gasteiger partial charge < -0.3 is 15.4 Å². The van der Waals surface area contributed by atoms with E-state index >= 15 is 0 Å². The first-order valence-corrected chi connectivity index (χ1v) is 7.44. The number of carbonyl (C=O) groups is 1. The molecule has 0 saturated carbocycles. The fraction of sp³-hybridized carbons (Fsp3) is 0.562. The number of fused-ring (bicyclic) bond motifs is 2. The third kappa shape index (κ3) is 4.35. The number of nitrogens with one attached hydrogen (secondary N) is 2. The van der Waals surface area contributed by atoms with Gasteiger partial charge in [-0.3, -0.25) is 4.79 Å². The number of benzene rings is 1. The molecule has 1 aromatic carbocycles. The monoisotopic (exact) mass is 310 g/mol. The van der Waals surface area contributed by atoms with Crippen molar-refractivity contribution in [2.75, 3.05) is 6.61 Å². The summed E-state index contributed by atoms with van der Waals surface area (Å²) in [7, 11) is 0. The fourth-order valence-electron chi connectivity index (χ4n) is 3.30. The first-order valence-electron chi connectivity index (χ1n) is 7.44. The number of ether oxygens (including phenoxy) is 1. The zero-order valence-electron chi connectivity index (χ0n) is 12.3. The van der Waals surface area contributed by atoms with E-state index in [0.29, 0.717) is 18.1 Å². The van der Waals surface area contributed by atoms with Crippen LogP contribution in [0.25, 0.3) is 0 Å². The topological polar surface area (TPSA) is 50.4 Å². The summed E-state index contributed by atoms with van der Waals surface area (Å²) < 4.78 is 5.53. The Balaban J connectivity index is 0.00000161. The zero-order valence-corrected chi connectivity index (χ0v) is 13.1. The van der Waals surface area contributed by atoms with Crippen molar-refractivity contribution in [3.05, 3.63) is 29.8 Å². The Hall–Kier alpha value is -1.26. The molecule has 2 unspecified atom stereocenters. The minimum absolute atomic E-state index is 0. The van der Waals surface area contributed by atoms with Gasteiger partial charge in [-0.25, -0.2) is 0 Å². The maximum Gasteiger partial charge on any atom is 0.258 e. The summed E-state index contributed by atoms with van der Waals surface area (Å²) in [6.45, 7) is 2.11. The second-order valence-corrected chi connectivity index (χ2v) is 5.98. The van der Waals surface area contributed by atoms with Crippen LogP contribution < -0.4 is 15.4 Å². The van der Waals surface area contributed by atoms with Crippen LogP contribution in [0.5, 0.6) is 5.75 Å². The molecule has 3 rings (SSSR count). The van der Waals surface area contributed by atoms with Crippen molar-refractivity contribution in [3.63, 3.8) is 0 Å². The second kappa shape index (κ2) is 7.14. The maximum atomic E-state index is 11.9. The van der Waals surface area contributed by atoms with Crippen LogP contribution in [-0.4, -0.2) is 30.6 Å². The number of rotatable bonds is 4. The molecule has 0 aliphatic carbocycles. The van der Waals surface area contributed by atoms with Gasteiger partial charge in [0.1, 0.15) is 5.75 Å². The summed E-state index contributed by atoms with van der Waals surface area (Å²) >= 11 is 0. The Morgan fingerprint density at radius 3 is 2.71 bits per heavy atom. The molecule has 2 fully saturated rings. The van der Waals surface area contributed by atoms with E-state index in [9.17, 15) is 4.79 Å². The van der Waals surface area contributed by atoms with Crippen LogP contribution in [0.2, 0.25) is 0 Å². The molecule has 2 aliphatic heterocycles.